The number of carbonyl (C=O) groups is 1. The van der Waals surface area contributed by atoms with Gasteiger partial charge in [-0.15, -0.1) is 0 Å². The van der Waals surface area contributed by atoms with E-state index in [9.17, 15) is 4.79 Å². The summed E-state index contributed by atoms with van der Waals surface area (Å²) in [6.07, 6.45) is 0.163. The molecule has 0 N–H and O–H groups in total. The van der Waals surface area contributed by atoms with Gasteiger partial charge in [0.05, 0.1) is 19.8 Å². The van der Waals surface area contributed by atoms with Crippen molar-refractivity contribution in [1.29, 1.82) is 0 Å². The highest BCUT2D eigenvalue weighted by Gasteiger charge is 2.15. The van der Waals surface area contributed by atoms with E-state index in [1.807, 2.05) is 60.7 Å². The molecule has 2 rings (SSSR count). The van der Waals surface area contributed by atoms with Crippen LogP contribution in [0.3, 0.4) is 0 Å². The van der Waals surface area contributed by atoms with Gasteiger partial charge in [0, 0.05) is 6.42 Å². The maximum absolute atomic E-state index is 12.0. The van der Waals surface area contributed by atoms with Crippen molar-refractivity contribution in [2.75, 3.05) is 19.8 Å². The summed E-state index contributed by atoms with van der Waals surface area (Å²) >= 11 is 0. The molecular weight excluding hydrogens is 306 g/mol. The van der Waals surface area contributed by atoms with Crippen molar-refractivity contribution < 1.29 is 19.1 Å². The molecule has 0 atom stereocenters. The van der Waals surface area contributed by atoms with Crippen molar-refractivity contribution in [3.8, 4) is 5.75 Å². The third kappa shape index (κ3) is 6.30. The summed E-state index contributed by atoms with van der Waals surface area (Å²) in [5.41, 5.74) is 0.993. The number of hydroxylamine groups is 2. The zero-order valence-electron chi connectivity index (χ0n) is 13.9. The maximum Gasteiger partial charge on any atom is 0.433 e. The molecule has 0 aliphatic heterocycles. The molecule has 0 saturated carbocycles. The molecule has 0 aliphatic carbocycles. The molecule has 0 aromatic heterocycles. The Bertz CT molecular complexity index is 589. The van der Waals surface area contributed by atoms with Crippen LogP contribution >= 0.6 is 0 Å². The lowest BCUT2D eigenvalue weighted by Gasteiger charge is -2.21. The van der Waals surface area contributed by atoms with E-state index < -0.39 is 6.09 Å². The Morgan fingerprint density at radius 2 is 1.67 bits per heavy atom. The molecule has 0 bridgehead atoms. The van der Waals surface area contributed by atoms with E-state index in [2.05, 4.69) is 0 Å². The van der Waals surface area contributed by atoms with Crippen molar-refractivity contribution in [3.05, 3.63) is 66.2 Å². The van der Waals surface area contributed by atoms with Crippen LogP contribution in [0, 0.1) is 0 Å². The number of hydrogen-bond acceptors (Lipinski definition) is 4. The zero-order chi connectivity index (χ0) is 17.0. The lowest BCUT2D eigenvalue weighted by molar-refractivity contribution is -0.147. The first-order valence-electron chi connectivity index (χ1n) is 8.08. The standard InChI is InChI=1S/C19H23NO4/c1-2-22-19(21)20(24-16-17-10-5-3-6-11-17)14-9-15-23-18-12-7-4-8-13-18/h3-8,10-13H,2,9,14-16H2,1H3. The number of carbonyl (C=O) groups excluding carboxylic acids is 1. The van der Waals surface area contributed by atoms with Crippen LogP contribution in [-0.4, -0.2) is 30.9 Å². The first-order valence-corrected chi connectivity index (χ1v) is 8.08. The summed E-state index contributed by atoms with van der Waals surface area (Å²) in [5, 5.41) is 1.25. The van der Waals surface area contributed by atoms with Crippen molar-refractivity contribution in [3.63, 3.8) is 0 Å². The van der Waals surface area contributed by atoms with Gasteiger partial charge in [-0.05, 0) is 24.6 Å². The predicted molar refractivity (Wildman–Crippen MR) is 91.5 cm³/mol. The molecule has 0 aliphatic rings. The average molecular weight is 329 g/mol. The van der Waals surface area contributed by atoms with E-state index in [-0.39, 0.29) is 0 Å². The Hall–Kier alpha value is -2.53. The van der Waals surface area contributed by atoms with E-state index in [1.165, 1.54) is 5.06 Å². The first kappa shape index (κ1) is 17.8. The van der Waals surface area contributed by atoms with Gasteiger partial charge in [-0.1, -0.05) is 48.5 Å². The normalized spacial score (nSPS) is 10.2. The van der Waals surface area contributed by atoms with Gasteiger partial charge in [-0.2, -0.15) is 5.06 Å². The topological polar surface area (TPSA) is 48.0 Å². The van der Waals surface area contributed by atoms with Gasteiger partial charge in [0.2, 0.25) is 0 Å². The summed E-state index contributed by atoms with van der Waals surface area (Å²) in [5.74, 6) is 0.811. The zero-order valence-corrected chi connectivity index (χ0v) is 13.9. The molecule has 1 amide bonds. The molecule has 128 valence electrons. The lowest BCUT2D eigenvalue weighted by Crippen LogP contribution is -2.33. The Kier molecular flexibility index (Phi) is 7.63. The minimum absolute atomic E-state index is 0.310. The molecule has 5 nitrogen and oxygen atoms in total. The summed E-state index contributed by atoms with van der Waals surface area (Å²) < 4.78 is 10.7. The number of benzene rings is 2. The van der Waals surface area contributed by atoms with Crippen LogP contribution in [0.1, 0.15) is 18.9 Å². The third-order valence-corrected chi connectivity index (χ3v) is 3.22. The number of hydrogen-bond donors (Lipinski definition) is 0. The Labute approximate surface area is 142 Å². The number of para-hydroxylation sites is 1. The van der Waals surface area contributed by atoms with Gasteiger partial charge in [-0.3, -0.25) is 4.84 Å². The molecule has 2 aromatic carbocycles. The molecule has 0 spiro atoms. The predicted octanol–water partition coefficient (Wildman–Crippen LogP) is 4.05. The molecule has 2 aromatic rings. The van der Waals surface area contributed by atoms with E-state index >= 15 is 0 Å². The van der Waals surface area contributed by atoms with E-state index in [1.54, 1.807) is 6.92 Å². The fourth-order valence-electron chi connectivity index (χ4n) is 2.05. The van der Waals surface area contributed by atoms with Gasteiger partial charge in [0.25, 0.3) is 0 Å². The minimum atomic E-state index is -0.479. The second-order valence-electron chi connectivity index (χ2n) is 5.08. The smallest absolute Gasteiger partial charge is 0.433 e. The Morgan fingerprint density at radius 3 is 2.33 bits per heavy atom. The number of amides is 1. The highest BCUT2D eigenvalue weighted by Crippen LogP contribution is 2.09. The maximum atomic E-state index is 12.0. The van der Waals surface area contributed by atoms with Crippen molar-refractivity contribution in [1.82, 2.24) is 5.06 Å². The molecule has 5 heteroatoms. The van der Waals surface area contributed by atoms with Gasteiger partial charge in [0.15, 0.2) is 0 Å². The second-order valence-corrected chi connectivity index (χ2v) is 5.08. The highest BCUT2D eigenvalue weighted by molar-refractivity contribution is 5.66. The number of nitrogens with zero attached hydrogens (tertiary/aromatic N) is 1. The van der Waals surface area contributed by atoms with E-state index in [0.717, 1.165) is 11.3 Å². The highest BCUT2D eigenvalue weighted by atomic mass is 16.7. The summed E-state index contributed by atoms with van der Waals surface area (Å²) in [6, 6.07) is 19.3. The number of ether oxygens (including phenoxy) is 2. The Morgan fingerprint density at radius 1 is 1.00 bits per heavy atom. The van der Waals surface area contributed by atoms with Crippen LogP contribution in [0.5, 0.6) is 5.75 Å². The quantitative estimate of drug-likeness (QED) is 0.514. The minimum Gasteiger partial charge on any atom is -0.494 e. The third-order valence-electron chi connectivity index (χ3n) is 3.22. The van der Waals surface area contributed by atoms with Crippen molar-refractivity contribution in [2.24, 2.45) is 0 Å². The Balaban J connectivity index is 1.78. The number of rotatable bonds is 9. The first-order chi connectivity index (χ1) is 11.8. The van der Waals surface area contributed by atoms with Crippen LogP contribution in [0.15, 0.2) is 60.7 Å². The molecule has 0 heterocycles. The monoisotopic (exact) mass is 329 g/mol. The van der Waals surface area contributed by atoms with E-state index in [4.69, 9.17) is 14.3 Å². The molecule has 0 unspecified atom stereocenters. The average Bonchev–Trinajstić information content (AvgIpc) is 2.63. The summed E-state index contributed by atoms with van der Waals surface area (Å²) in [6.45, 7) is 3.29. The second kappa shape index (κ2) is 10.3. The molecule has 0 radical (unpaired) electrons. The van der Waals surface area contributed by atoms with Crippen LogP contribution < -0.4 is 4.74 Å². The van der Waals surface area contributed by atoms with Crippen LogP contribution in [0.2, 0.25) is 0 Å². The molecule has 0 saturated heterocycles. The fraction of sp³-hybridized carbons (Fsp3) is 0.316. The molecule has 0 fully saturated rings. The van der Waals surface area contributed by atoms with Crippen molar-refractivity contribution >= 4 is 6.09 Å². The van der Waals surface area contributed by atoms with Crippen molar-refractivity contribution in [2.45, 2.75) is 20.0 Å². The SMILES string of the molecule is CCOC(=O)N(CCCOc1ccccc1)OCc1ccccc1. The van der Waals surface area contributed by atoms with Crippen LogP contribution in [0.4, 0.5) is 4.79 Å². The van der Waals surface area contributed by atoms with Gasteiger partial charge >= 0.3 is 6.09 Å². The van der Waals surface area contributed by atoms with Crippen LogP contribution in [-0.2, 0) is 16.2 Å². The van der Waals surface area contributed by atoms with Crippen LogP contribution in [0.25, 0.3) is 0 Å². The van der Waals surface area contributed by atoms with Gasteiger partial charge in [-0.25, -0.2) is 4.79 Å². The van der Waals surface area contributed by atoms with Gasteiger partial charge in [0.1, 0.15) is 12.4 Å². The van der Waals surface area contributed by atoms with E-state index in [0.29, 0.717) is 32.8 Å². The lowest BCUT2D eigenvalue weighted by atomic mass is 10.2. The molecule has 24 heavy (non-hydrogen) atoms. The summed E-state index contributed by atoms with van der Waals surface area (Å²) in [7, 11) is 0. The molecular formula is C19H23NO4. The summed E-state index contributed by atoms with van der Waals surface area (Å²) in [4.78, 5) is 17.6. The largest absolute Gasteiger partial charge is 0.494 e. The fourth-order valence-corrected chi connectivity index (χ4v) is 2.05. The van der Waals surface area contributed by atoms with Gasteiger partial charge < -0.3 is 9.47 Å².